The van der Waals surface area contributed by atoms with Crippen LogP contribution in [-0.4, -0.2) is 113 Å². The second-order valence-corrected chi connectivity index (χ2v) is 22.1. The number of fused-ring (bicyclic) bond motifs is 1. The van der Waals surface area contributed by atoms with Crippen LogP contribution in [0.1, 0.15) is 113 Å². The average Bonchev–Trinajstić information content (AvgIpc) is 3.70. The molecule has 21 heteroatoms. The van der Waals surface area contributed by atoms with Crippen LogP contribution in [0.5, 0.6) is 17.4 Å². The number of nitro groups is 1. The molecule has 72 heavy (non-hydrogen) atoms. The molecule has 384 valence electrons. The maximum absolute atomic E-state index is 14.9. The molecule has 0 bridgehead atoms. The summed E-state index contributed by atoms with van der Waals surface area (Å²) in [5, 5.41) is 25.6. The van der Waals surface area contributed by atoms with Gasteiger partial charge < -0.3 is 40.4 Å². The SMILES string of the molecule is CCOc1nc2[nH]cc(F)c2cc1Oc1cc(N2CCC3(CC2)CC(N2CCN(C(N)=O)C[C@H]2c2ccccc2C(C)C)C3)ccc1C(=O)NS(=O)(=O)c1cnc(NCC2CCC(C)(O)CC2)c([N+](=O)[O-])c1. The first-order chi connectivity index (χ1) is 34.3. The highest BCUT2D eigenvalue weighted by molar-refractivity contribution is 7.90. The van der Waals surface area contributed by atoms with Crippen molar-refractivity contribution < 1.29 is 41.9 Å². The first-order valence-electron chi connectivity index (χ1n) is 24.8. The monoisotopic (exact) mass is 1010 g/mol. The van der Waals surface area contributed by atoms with Crippen LogP contribution in [0.4, 0.5) is 26.4 Å². The predicted molar refractivity (Wildman–Crippen MR) is 268 cm³/mol. The van der Waals surface area contributed by atoms with Gasteiger partial charge in [0.2, 0.25) is 5.82 Å². The van der Waals surface area contributed by atoms with E-state index in [1.165, 1.54) is 23.3 Å². The predicted octanol–water partition coefficient (Wildman–Crippen LogP) is 7.98. The van der Waals surface area contributed by atoms with Crippen molar-refractivity contribution in [1.82, 2.24) is 29.5 Å². The van der Waals surface area contributed by atoms with Crippen molar-refractivity contribution in [1.29, 1.82) is 0 Å². The molecule has 1 atom stereocenters. The Bertz CT molecular complexity index is 2960. The molecule has 5 heterocycles. The van der Waals surface area contributed by atoms with Gasteiger partial charge in [-0.15, -0.1) is 0 Å². The fraction of sp³-hybridized carbons (Fsp3) is 0.490. The molecule has 4 fully saturated rings. The number of pyridine rings is 2. The second-order valence-electron chi connectivity index (χ2n) is 20.5. The second kappa shape index (κ2) is 20.1. The number of benzene rings is 2. The topological polar surface area (TPSA) is 251 Å². The number of anilines is 2. The van der Waals surface area contributed by atoms with E-state index < -0.39 is 48.9 Å². The standard InChI is InChI=1S/C51H63FN10O9S/c1-5-70-48-44(24-39-40(52)29-56-45(39)57-48)71-43-22-33(10-11-38(43)47(63)58-72(68,69)35-23-41(62(66)67)46(55-28-35)54-27-32-12-14-50(4,65)15-13-32)59-18-16-51(17-19-59)25-34(26-51)61-21-20-60(49(53)64)30-42(61)37-9-7-6-8-36(37)31(2)3/h6-11,22-24,28-29,31-32,34,42,65H,5,12-21,25-27,30H2,1-4H3,(H2,53,64)(H,54,55)(H,56,57)(H,58,63)/t32?,42-,50?/m0/s1. The van der Waals surface area contributed by atoms with E-state index in [2.05, 4.69) is 68.2 Å². The number of hydrogen-bond acceptors (Lipinski definition) is 14. The van der Waals surface area contributed by atoms with E-state index in [9.17, 15) is 37.6 Å². The van der Waals surface area contributed by atoms with Gasteiger partial charge in [-0.1, -0.05) is 38.1 Å². The summed E-state index contributed by atoms with van der Waals surface area (Å²) in [4.78, 5) is 55.2. The Morgan fingerprint density at radius 3 is 2.47 bits per heavy atom. The Balaban J connectivity index is 0.939. The van der Waals surface area contributed by atoms with E-state index in [1.807, 2.05) is 4.72 Å². The Hall–Kier alpha value is -6.58. The Morgan fingerprint density at radius 1 is 1.04 bits per heavy atom. The number of nitrogens with one attached hydrogen (secondary N) is 3. The highest BCUT2D eigenvalue weighted by Crippen LogP contribution is 2.53. The first-order valence-corrected chi connectivity index (χ1v) is 26.2. The largest absolute Gasteiger partial charge is 0.475 e. The van der Waals surface area contributed by atoms with Gasteiger partial charge in [-0.05, 0) is 106 Å². The van der Waals surface area contributed by atoms with E-state index in [1.54, 1.807) is 30.9 Å². The molecule has 19 nitrogen and oxygen atoms in total. The average molecular weight is 1010 g/mol. The maximum Gasteiger partial charge on any atom is 0.314 e. The van der Waals surface area contributed by atoms with Gasteiger partial charge >= 0.3 is 11.7 Å². The molecular formula is C51H63FN10O9S. The van der Waals surface area contributed by atoms with Gasteiger partial charge in [0.15, 0.2) is 5.75 Å². The molecule has 0 radical (unpaired) electrons. The van der Waals surface area contributed by atoms with Crippen LogP contribution in [0.15, 0.2) is 71.9 Å². The molecule has 9 rings (SSSR count). The number of nitrogens with zero attached hydrogens (tertiary/aromatic N) is 6. The molecule has 4 aliphatic rings. The lowest BCUT2D eigenvalue weighted by atomic mass is 9.59. The summed E-state index contributed by atoms with van der Waals surface area (Å²) in [6.07, 6.45) is 8.48. The van der Waals surface area contributed by atoms with E-state index in [0.717, 1.165) is 50.7 Å². The zero-order valence-corrected chi connectivity index (χ0v) is 41.8. The van der Waals surface area contributed by atoms with Gasteiger partial charge in [-0.2, -0.15) is 4.98 Å². The minimum atomic E-state index is -4.75. The number of aromatic nitrogens is 3. The van der Waals surface area contributed by atoms with Crippen LogP contribution in [0.3, 0.4) is 0 Å². The number of primary amides is 1. The maximum atomic E-state index is 14.9. The quantitative estimate of drug-likeness (QED) is 0.0493. The number of aliphatic hydroxyl groups is 1. The zero-order chi connectivity index (χ0) is 51.1. The summed E-state index contributed by atoms with van der Waals surface area (Å²) in [6.45, 7) is 11.6. The lowest BCUT2D eigenvalue weighted by Crippen LogP contribution is -2.61. The number of H-pyrrole nitrogens is 1. The van der Waals surface area contributed by atoms with Crippen LogP contribution in [0.25, 0.3) is 11.0 Å². The van der Waals surface area contributed by atoms with E-state index in [0.29, 0.717) is 76.1 Å². The van der Waals surface area contributed by atoms with E-state index >= 15 is 0 Å². The number of ether oxygens (including phenoxy) is 2. The van der Waals surface area contributed by atoms with Crippen LogP contribution in [-0.2, 0) is 10.0 Å². The smallest absolute Gasteiger partial charge is 0.314 e. The van der Waals surface area contributed by atoms with Crippen molar-refractivity contribution in [3.63, 3.8) is 0 Å². The summed E-state index contributed by atoms with van der Waals surface area (Å²) in [5.41, 5.74) is 7.78. The number of hydrogen-bond donors (Lipinski definition) is 5. The molecule has 0 unspecified atom stereocenters. The molecule has 3 amide bonds. The van der Waals surface area contributed by atoms with Crippen LogP contribution >= 0.6 is 0 Å². The third-order valence-corrected chi connectivity index (χ3v) is 16.6. The van der Waals surface area contributed by atoms with Crippen LogP contribution in [0.2, 0.25) is 0 Å². The number of carbonyl (C=O) groups excluding carboxylic acids is 2. The summed E-state index contributed by atoms with van der Waals surface area (Å²) < 4.78 is 56.8. The van der Waals surface area contributed by atoms with Crippen molar-refractivity contribution in [3.05, 3.63) is 99.6 Å². The van der Waals surface area contributed by atoms with Gasteiger partial charge in [0, 0.05) is 75.4 Å². The third kappa shape index (κ3) is 10.5. The highest BCUT2D eigenvalue weighted by atomic mass is 32.2. The molecule has 3 aromatic heterocycles. The van der Waals surface area contributed by atoms with E-state index in [4.69, 9.17) is 15.2 Å². The van der Waals surface area contributed by atoms with Crippen molar-refractivity contribution in [2.45, 2.75) is 108 Å². The van der Waals surface area contributed by atoms with Gasteiger partial charge in [-0.25, -0.2) is 27.3 Å². The van der Waals surface area contributed by atoms with Crippen molar-refractivity contribution in [2.24, 2.45) is 17.1 Å². The number of carbonyl (C=O) groups is 2. The number of amides is 3. The summed E-state index contributed by atoms with van der Waals surface area (Å²) >= 11 is 0. The van der Waals surface area contributed by atoms with Crippen molar-refractivity contribution in [2.75, 3.05) is 56.1 Å². The molecule has 2 aliphatic heterocycles. The Kier molecular flexibility index (Phi) is 14.1. The number of halogens is 1. The minimum Gasteiger partial charge on any atom is -0.475 e. The van der Waals surface area contributed by atoms with Gasteiger partial charge in [0.05, 0.1) is 40.3 Å². The molecule has 6 N–H and O–H groups in total. The van der Waals surface area contributed by atoms with Gasteiger partial charge in [0.25, 0.3) is 21.8 Å². The minimum absolute atomic E-state index is 0.00380. The number of nitrogens with two attached hydrogens (primary N) is 1. The lowest BCUT2D eigenvalue weighted by Gasteiger charge is -2.58. The van der Waals surface area contributed by atoms with Crippen LogP contribution in [0, 0.1) is 27.3 Å². The molecule has 2 aliphatic carbocycles. The van der Waals surface area contributed by atoms with Crippen LogP contribution < -0.4 is 30.1 Å². The molecular weight excluding hydrogens is 948 g/mol. The number of rotatable bonds is 15. The molecule has 1 spiro atoms. The Morgan fingerprint density at radius 2 is 1.78 bits per heavy atom. The van der Waals surface area contributed by atoms with Gasteiger partial charge in [0.1, 0.15) is 22.1 Å². The summed E-state index contributed by atoms with van der Waals surface area (Å²) in [7, 11) is -4.75. The summed E-state index contributed by atoms with van der Waals surface area (Å²) in [5.74, 6) is -1.47. The first kappa shape index (κ1) is 50.4. The fourth-order valence-corrected chi connectivity index (χ4v) is 12.0. The zero-order valence-electron chi connectivity index (χ0n) is 41.0. The number of aromatic amines is 1. The molecule has 2 saturated carbocycles. The fourth-order valence-electron chi connectivity index (χ4n) is 11.1. The summed E-state index contributed by atoms with van der Waals surface area (Å²) in [6, 6.07) is 15.5. The lowest BCUT2D eigenvalue weighted by molar-refractivity contribution is -0.384. The molecule has 2 saturated heterocycles. The highest BCUT2D eigenvalue weighted by Gasteiger charge is 2.50. The molecule has 2 aromatic carbocycles. The van der Waals surface area contributed by atoms with Crippen molar-refractivity contribution >= 4 is 50.2 Å². The normalized spacial score (nSPS) is 21.7. The number of urea groups is 1. The number of piperazine rings is 1. The molecule has 5 aromatic rings. The third-order valence-electron chi connectivity index (χ3n) is 15.3. The number of sulfonamides is 1. The van der Waals surface area contributed by atoms with E-state index in [-0.39, 0.29) is 63.8 Å². The Labute approximate surface area is 417 Å². The van der Waals surface area contributed by atoms with Crippen molar-refractivity contribution in [3.8, 4) is 17.4 Å². The number of piperidine rings is 1. The van der Waals surface area contributed by atoms with Gasteiger partial charge in [-0.3, -0.25) is 19.8 Å².